The highest BCUT2D eigenvalue weighted by atomic mass is 16.6. The van der Waals surface area contributed by atoms with Gasteiger partial charge in [0.2, 0.25) is 0 Å². The fourth-order valence-electron chi connectivity index (χ4n) is 1.11. The lowest BCUT2D eigenvalue weighted by Crippen LogP contribution is -1.92. The monoisotopic (exact) mass is 211 g/mol. The van der Waals surface area contributed by atoms with Gasteiger partial charge in [-0.15, -0.1) is 0 Å². The molecule has 0 aliphatic heterocycles. The predicted octanol–water partition coefficient (Wildman–Crippen LogP) is 2.55. The first-order chi connectivity index (χ1) is 7.24. The van der Waals surface area contributed by atoms with Crippen LogP contribution in [0.15, 0.2) is 24.3 Å². The van der Waals surface area contributed by atoms with Gasteiger partial charge >= 0.3 is 0 Å². The van der Waals surface area contributed by atoms with Crippen LogP contribution < -0.4 is 0 Å². The van der Waals surface area contributed by atoms with Gasteiger partial charge in [0, 0.05) is 18.7 Å². The lowest BCUT2D eigenvalue weighted by Gasteiger charge is -1.98. The zero-order chi connectivity index (χ0) is 11.7. The van der Waals surface area contributed by atoms with Crippen LogP contribution in [0.5, 0.6) is 0 Å². The molecule has 1 N–H and O–H groups in total. The molecule has 0 saturated carbocycles. The highest BCUT2D eigenvalue weighted by Gasteiger charge is 2.04. The molecule has 0 amide bonds. The smallest absolute Gasteiger partial charge is 0.269 e. The number of nitrogens with zero attached hydrogens (tertiary/aromatic N) is 1. The fraction of sp³-hybridized carbons (Fsp3) is 0.455. The van der Waals surface area contributed by atoms with Crippen LogP contribution in [0.3, 0.4) is 0 Å². The first-order valence-electron chi connectivity index (χ1n) is 5.08. The Hall–Kier alpha value is -1.42. The number of non-ortho nitro benzene ring substituents is 1. The van der Waals surface area contributed by atoms with Gasteiger partial charge in [0.05, 0.1) is 4.92 Å². The third kappa shape index (κ3) is 5.12. The standard InChI is InChI=1S/C9H11NO3.C2H6/c11-6-2-4-8-3-1-5-9(7-8)10(12)13;1-2/h1,3,5,7,11H,2,4,6H2;1-2H3. The highest BCUT2D eigenvalue weighted by Crippen LogP contribution is 2.13. The van der Waals surface area contributed by atoms with Gasteiger partial charge in [-0.25, -0.2) is 0 Å². The van der Waals surface area contributed by atoms with Crippen LogP contribution in [-0.2, 0) is 6.42 Å². The SMILES string of the molecule is CC.O=[N+]([O-])c1cccc(CCCO)c1. The molecule has 0 heterocycles. The summed E-state index contributed by atoms with van der Waals surface area (Å²) in [6.45, 7) is 4.11. The van der Waals surface area contributed by atoms with Gasteiger partial charge in [-0.3, -0.25) is 10.1 Å². The summed E-state index contributed by atoms with van der Waals surface area (Å²) in [7, 11) is 0. The van der Waals surface area contributed by atoms with Crippen LogP contribution in [0.1, 0.15) is 25.8 Å². The van der Waals surface area contributed by atoms with Crippen LogP contribution in [0.25, 0.3) is 0 Å². The van der Waals surface area contributed by atoms with Crippen LogP contribution in [-0.4, -0.2) is 16.6 Å². The average molecular weight is 211 g/mol. The lowest BCUT2D eigenvalue weighted by molar-refractivity contribution is -0.384. The van der Waals surface area contributed by atoms with Gasteiger partial charge in [0.1, 0.15) is 0 Å². The summed E-state index contributed by atoms with van der Waals surface area (Å²) in [4.78, 5) is 9.97. The summed E-state index contributed by atoms with van der Waals surface area (Å²) < 4.78 is 0. The molecule has 4 heteroatoms. The van der Waals surface area contributed by atoms with E-state index in [9.17, 15) is 10.1 Å². The Bertz CT molecular complexity index is 300. The predicted molar refractivity (Wildman–Crippen MR) is 59.9 cm³/mol. The van der Waals surface area contributed by atoms with E-state index in [1.54, 1.807) is 6.07 Å². The maximum absolute atomic E-state index is 10.4. The molecule has 4 nitrogen and oxygen atoms in total. The van der Waals surface area contributed by atoms with Crippen LogP contribution in [0, 0.1) is 10.1 Å². The summed E-state index contributed by atoms with van der Waals surface area (Å²) in [6.07, 6.45) is 1.32. The minimum absolute atomic E-state index is 0.107. The largest absolute Gasteiger partial charge is 0.396 e. The summed E-state index contributed by atoms with van der Waals surface area (Å²) in [5.74, 6) is 0. The van der Waals surface area contributed by atoms with E-state index in [0.717, 1.165) is 5.56 Å². The second-order valence-corrected chi connectivity index (χ2v) is 2.75. The van der Waals surface area contributed by atoms with E-state index in [-0.39, 0.29) is 12.3 Å². The number of hydrogen-bond acceptors (Lipinski definition) is 3. The van der Waals surface area contributed by atoms with Gasteiger partial charge in [-0.2, -0.15) is 0 Å². The van der Waals surface area contributed by atoms with Crippen molar-refractivity contribution in [3.8, 4) is 0 Å². The van der Waals surface area contributed by atoms with Gasteiger partial charge < -0.3 is 5.11 Å². The number of nitro benzene ring substituents is 1. The molecule has 0 saturated heterocycles. The topological polar surface area (TPSA) is 63.4 Å². The van der Waals surface area contributed by atoms with Gasteiger partial charge in [0.15, 0.2) is 0 Å². The highest BCUT2D eigenvalue weighted by molar-refractivity contribution is 5.34. The Balaban J connectivity index is 0.000000921. The first kappa shape index (κ1) is 13.6. The van der Waals surface area contributed by atoms with Crippen molar-refractivity contribution in [1.29, 1.82) is 0 Å². The number of aryl methyl sites for hydroxylation is 1. The Kier molecular flexibility index (Phi) is 7.18. The summed E-state index contributed by atoms with van der Waals surface area (Å²) >= 11 is 0. The number of aliphatic hydroxyl groups is 1. The Labute approximate surface area is 89.7 Å². The summed E-state index contributed by atoms with van der Waals surface area (Å²) in [5.41, 5.74) is 0.999. The van der Waals surface area contributed by atoms with Gasteiger partial charge in [-0.05, 0) is 18.4 Å². The molecule has 0 spiro atoms. The molecule has 0 unspecified atom stereocenters. The zero-order valence-electron chi connectivity index (χ0n) is 9.14. The third-order valence-electron chi connectivity index (χ3n) is 1.74. The molecule has 0 aliphatic carbocycles. The molecule has 0 radical (unpaired) electrons. The quantitative estimate of drug-likeness (QED) is 0.615. The molecule has 0 fully saturated rings. The van der Waals surface area contributed by atoms with Crippen molar-refractivity contribution in [3.63, 3.8) is 0 Å². The van der Waals surface area contributed by atoms with E-state index in [0.29, 0.717) is 12.8 Å². The molecule has 1 aromatic carbocycles. The second-order valence-electron chi connectivity index (χ2n) is 2.75. The maximum atomic E-state index is 10.4. The molecule has 15 heavy (non-hydrogen) atoms. The molecular formula is C11H17NO3. The Morgan fingerprint density at radius 3 is 2.60 bits per heavy atom. The van der Waals surface area contributed by atoms with Crippen molar-refractivity contribution >= 4 is 5.69 Å². The van der Waals surface area contributed by atoms with E-state index in [2.05, 4.69) is 0 Å². The normalized spacial score (nSPS) is 9.00. The Morgan fingerprint density at radius 2 is 2.07 bits per heavy atom. The minimum Gasteiger partial charge on any atom is -0.396 e. The lowest BCUT2D eigenvalue weighted by atomic mass is 10.1. The molecule has 1 rings (SSSR count). The molecule has 0 bridgehead atoms. The van der Waals surface area contributed by atoms with Crippen molar-refractivity contribution in [3.05, 3.63) is 39.9 Å². The number of nitro groups is 1. The molecule has 0 aromatic heterocycles. The van der Waals surface area contributed by atoms with Gasteiger partial charge in [-0.1, -0.05) is 26.0 Å². The van der Waals surface area contributed by atoms with E-state index >= 15 is 0 Å². The van der Waals surface area contributed by atoms with Crippen LogP contribution in [0.2, 0.25) is 0 Å². The fourth-order valence-corrected chi connectivity index (χ4v) is 1.11. The van der Waals surface area contributed by atoms with Crippen LogP contribution in [0.4, 0.5) is 5.69 Å². The molecule has 1 aromatic rings. The molecular weight excluding hydrogens is 194 g/mol. The Morgan fingerprint density at radius 1 is 1.40 bits per heavy atom. The summed E-state index contributed by atoms with van der Waals surface area (Å²) in [5, 5.41) is 19.0. The average Bonchev–Trinajstić information content (AvgIpc) is 2.29. The molecule has 0 atom stereocenters. The van der Waals surface area contributed by atoms with Crippen molar-refractivity contribution in [2.45, 2.75) is 26.7 Å². The zero-order valence-corrected chi connectivity index (χ0v) is 9.14. The van der Waals surface area contributed by atoms with E-state index < -0.39 is 4.92 Å². The van der Waals surface area contributed by atoms with Crippen molar-refractivity contribution in [1.82, 2.24) is 0 Å². The molecule has 84 valence electrons. The van der Waals surface area contributed by atoms with Gasteiger partial charge in [0.25, 0.3) is 5.69 Å². The number of benzene rings is 1. The summed E-state index contributed by atoms with van der Waals surface area (Å²) in [6, 6.07) is 6.48. The van der Waals surface area contributed by atoms with E-state index in [1.165, 1.54) is 12.1 Å². The number of hydrogen-bond donors (Lipinski definition) is 1. The third-order valence-corrected chi connectivity index (χ3v) is 1.74. The van der Waals surface area contributed by atoms with Crippen molar-refractivity contribution < 1.29 is 10.0 Å². The van der Waals surface area contributed by atoms with Crippen molar-refractivity contribution in [2.75, 3.05) is 6.61 Å². The number of aliphatic hydroxyl groups excluding tert-OH is 1. The minimum atomic E-state index is -0.414. The van der Waals surface area contributed by atoms with E-state index in [1.807, 2.05) is 19.9 Å². The number of rotatable bonds is 4. The van der Waals surface area contributed by atoms with E-state index in [4.69, 9.17) is 5.11 Å². The molecule has 0 aliphatic rings. The van der Waals surface area contributed by atoms with Crippen molar-refractivity contribution in [2.24, 2.45) is 0 Å². The first-order valence-corrected chi connectivity index (χ1v) is 5.08. The maximum Gasteiger partial charge on any atom is 0.269 e. The second kappa shape index (κ2) is 7.94. The van der Waals surface area contributed by atoms with Crippen LogP contribution >= 0.6 is 0 Å².